The number of nitrogens with one attached hydrogen (secondary N) is 1. The summed E-state index contributed by atoms with van der Waals surface area (Å²) in [4.78, 5) is 0. The van der Waals surface area contributed by atoms with Crippen molar-refractivity contribution in [2.24, 2.45) is 0 Å². The van der Waals surface area contributed by atoms with E-state index in [1.54, 1.807) is 6.07 Å². The second kappa shape index (κ2) is 6.58. The molecule has 0 saturated heterocycles. The van der Waals surface area contributed by atoms with Crippen LogP contribution in [0.1, 0.15) is 11.1 Å². The van der Waals surface area contributed by atoms with E-state index in [0.717, 1.165) is 16.8 Å². The number of nitriles is 1. The van der Waals surface area contributed by atoms with Crippen LogP contribution in [0.2, 0.25) is 0 Å². The van der Waals surface area contributed by atoms with Gasteiger partial charge in [0, 0.05) is 12.2 Å². The Labute approximate surface area is 117 Å². The van der Waals surface area contributed by atoms with Crippen LogP contribution in [0.4, 0.5) is 10.1 Å². The van der Waals surface area contributed by atoms with E-state index in [1.165, 1.54) is 12.1 Å². The minimum atomic E-state index is -0.230. The van der Waals surface area contributed by atoms with Crippen LogP contribution in [0.25, 0.3) is 0 Å². The topological polar surface area (TPSA) is 45.0 Å². The van der Waals surface area contributed by atoms with E-state index in [1.807, 2.05) is 37.3 Å². The van der Waals surface area contributed by atoms with Gasteiger partial charge < -0.3 is 10.1 Å². The van der Waals surface area contributed by atoms with Gasteiger partial charge >= 0.3 is 0 Å². The molecule has 4 heteroatoms. The summed E-state index contributed by atoms with van der Waals surface area (Å²) >= 11 is 0. The predicted octanol–water partition coefficient (Wildman–Crippen LogP) is 3.65. The molecule has 2 aromatic carbocycles. The third kappa shape index (κ3) is 3.72. The molecule has 0 aromatic heterocycles. The number of aryl methyl sites for hydroxylation is 1. The average Bonchev–Trinajstić information content (AvgIpc) is 2.45. The summed E-state index contributed by atoms with van der Waals surface area (Å²) in [7, 11) is 0. The van der Waals surface area contributed by atoms with E-state index in [0.29, 0.717) is 12.3 Å². The zero-order valence-corrected chi connectivity index (χ0v) is 11.2. The third-order valence-corrected chi connectivity index (χ3v) is 2.90. The van der Waals surface area contributed by atoms with Crippen molar-refractivity contribution in [3.05, 3.63) is 59.4 Å². The molecule has 20 heavy (non-hydrogen) atoms. The van der Waals surface area contributed by atoms with E-state index in [-0.39, 0.29) is 12.4 Å². The van der Waals surface area contributed by atoms with Gasteiger partial charge in [-0.3, -0.25) is 0 Å². The van der Waals surface area contributed by atoms with Gasteiger partial charge in [0.25, 0.3) is 0 Å². The summed E-state index contributed by atoms with van der Waals surface area (Å²) in [6.45, 7) is 2.56. The molecule has 0 bridgehead atoms. The first-order valence-corrected chi connectivity index (χ1v) is 6.28. The molecule has 0 saturated carbocycles. The number of nitrogens with zero attached hydrogens (tertiary/aromatic N) is 1. The first-order chi connectivity index (χ1) is 9.69. The van der Waals surface area contributed by atoms with Crippen LogP contribution >= 0.6 is 0 Å². The van der Waals surface area contributed by atoms with Crippen molar-refractivity contribution in [1.82, 2.24) is 0 Å². The molecular formula is C16H15FN2O. The molecule has 1 N–H and O–H groups in total. The van der Waals surface area contributed by atoms with E-state index < -0.39 is 0 Å². The molecule has 2 aromatic rings. The van der Waals surface area contributed by atoms with Crippen molar-refractivity contribution >= 4 is 5.69 Å². The lowest BCUT2D eigenvalue weighted by Crippen LogP contribution is -2.01. The summed E-state index contributed by atoms with van der Waals surface area (Å²) in [6.07, 6.45) is 0. The van der Waals surface area contributed by atoms with Crippen LogP contribution in [0.3, 0.4) is 0 Å². The van der Waals surface area contributed by atoms with Crippen molar-refractivity contribution < 1.29 is 9.13 Å². The molecule has 0 heterocycles. The Morgan fingerprint density at radius 3 is 2.60 bits per heavy atom. The summed E-state index contributed by atoms with van der Waals surface area (Å²) in [6, 6.07) is 14.1. The zero-order chi connectivity index (χ0) is 14.4. The maximum Gasteiger partial charge on any atom is 0.174 e. The fraction of sp³-hybridized carbons (Fsp3) is 0.188. The number of halogens is 1. The molecule has 102 valence electrons. The maximum atomic E-state index is 13.0. The number of benzene rings is 2. The first kappa shape index (κ1) is 13.9. The van der Waals surface area contributed by atoms with E-state index in [2.05, 4.69) is 5.32 Å². The summed E-state index contributed by atoms with van der Waals surface area (Å²) in [5.41, 5.74) is 2.87. The van der Waals surface area contributed by atoms with Gasteiger partial charge in [0.2, 0.25) is 0 Å². The van der Waals surface area contributed by atoms with Gasteiger partial charge in [-0.1, -0.05) is 12.1 Å². The third-order valence-electron chi connectivity index (χ3n) is 2.90. The predicted molar refractivity (Wildman–Crippen MR) is 76.0 cm³/mol. The molecule has 0 aliphatic heterocycles. The highest BCUT2D eigenvalue weighted by Crippen LogP contribution is 2.18. The lowest BCUT2D eigenvalue weighted by molar-refractivity contribution is 0.368. The number of hydrogen-bond acceptors (Lipinski definition) is 3. The van der Waals surface area contributed by atoms with Crippen LogP contribution in [0.5, 0.6) is 5.75 Å². The molecule has 0 fully saturated rings. The fourth-order valence-corrected chi connectivity index (χ4v) is 1.84. The minimum absolute atomic E-state index is 0.0480. The van der Waals surface area contributed by atoms with Gasteiger partial charge in [-0.15, -0.1) is 0 Å². The normalized spacial score (nSPS) is 9.85. The lowest BCUT2D eigenvalue weighted by atomic mass is 10.1. The molecule has 0 unspecified atom stereocenters. The van der Waals surface area contributed by atoms with Crippen molar-refractivity contribution in [2.75, 3.05) is 11.9 Å². The standard InChI is InChI=1S/C16H15FN2O/c1-12-10-14(17)4-7-16(12)19-11-13-2-5-15(6-3-13)20-9-8-18/h2-7,10,19H,9,11H2,1H3. The summed E-state index contributed by atoms with van der Waals surface area (Å²) in [5.74, 6) is 0.445. The Balaban J connectivity index is 1.95. The first-order valence-electron chi connectivity index (χ1n) is 6.28. The highest BCUT2D eigenvalue weighted by Gasteiger charge is 2.00. The van der Waals surface area contributed by atoms with Crippen LogP contribution in [0.15, 0.2) is 42.5 Å². The van der Waals surface area contributed by atoms with E-state index in [4.69, 9.17) is 10.00 Å². The van der Waals surface area contributed by atoms with E-state index in [9.17, 15) is 4.39 Å². The Bertz CT molecular complexity index is 617. The van der Waals surface area contributed by atoms with Gasteiger partial charge in [0.1, 0.15) is 17.6 Å². The van der Waals surface area contributed by atoms with Gasteiger partial charge in [-0.25, -0.2) is 4.39 Å². The quantitative estimate of drug-likeness (QED) is 0.902. The number of rotatable bonds is 5. The zero-order valence-electron chi connectivity index (χ0n) is 11.2. The smallest absolute Gasteiger partial charge is 0.174 e. The second-order valence-electron chi connectivity index (χ2n) is 4.40. The molecule has 0 atom stereocenters. The molecule has 0 amide bonds. The number of hydrogen-bond donors (Lipinski definition) is 1. The SMILES string of the molecule is Cc1cc(F)ccc1NCc1ccc(OCC#N)cc1. The number of anilines is 1. The molecular weight excluding hydrogens is 255 g/mol. The Kier molecular flexibility index (Phi) is 4.56. The van der Waals surface area contributed by atoms with Gasteiger partial charge in [-0.05, 0) is 48.4 Å². The summed E-state index contributed by atoms with van der Waals surface area (Å²) < 4.78 is 18.2. The highest BCUT2D eigenvalue weighted by atomic mass is 19.1. The van der Waals surface area contributed by atoms with Crippen LogP contribution in [-0.4, -0.2) is 6.61 Å². The fourth-order valence-electron chi connectivity index (χ4n) is 1.84. The molecule has 0 aliphatic carbocycles. The minimum Gasteiger partial charge on any atom is -0.479 e. The van der Waals surface area contributed by atoms with Gasteiger partial charge in [-0.2, -0.15) is 5.26 Å². The highest BCUT2D eigenvalue weighted by molar-refractivity contribution is 5.51. The van der Waals surface area contributed by atoms with Gasteiger partial charge in [0.15, 0.2) is 6.61 Å². The molecule has 2 rings (SSSR count). The van der Waals surface area contributed by atoms with E-state index >= 15 is 0 Å². The van der Waals surface area contributed by atoms with Crippen molar-refractivity contribution in [2.45, 2.75) is 13.5 Å². The average molecular weight is 270 g/mol. The number of ether oxygens (including phenoxy) is 1. The van der Waals surface area contributed by atoms with Crippen molar-refractivity contribution in [3.63, 3.8) is 0 Å². The van der Waals surface area contributed by atoms with Crippen LogP contribution < -0.4 is 10.1 Å². The molecule has 0 aliphatic rings. The largest absolute Gasteiger partial charge is 0.479 e. The maximum absolute atomic E-state index is 13.0. The van der Waals surface area contributed by atoms with Crippen molar-refractivity contribution in [1.29, 1.82) is 5.26 Å². The molecule has 3 nitrogen and oxygen atoms in total. The van der Waals surface area contributed by atoms with Crippen LogP contribution in [-0.2, 0) is 6.54 Å². The van der Waals surface area contributed by atoms with Gasteiger partial charge in [0.05, 0.1) is 0 Å². The second-order valence-corrected chi connectivity index (χ2v) is 4.40. The monoisotopic (exact) mass is 270 g/mol. The Morgan fingerprint density at radius 1 is 1.20 bits per heavy atom. The Morgan fingerprint density at radius 2 is 1.95 bits per heavy atom. The van der Waals surface area contributed by atoms with Crippen molar-refractivity contribution in [3.8, 4) is 11.8 Å². The molecule has 0 spiro atoms. The van der Waals surface area contributed by atoms with Crippen LogP contribution in [0, 0.1) is 24.1 Å². The lowest BCUT2D eigenvalue weighted by Gasteiger charge is -2.10. The molecule has 0 radical (unpaired) electrons. The Hall–Kier alpha value is -2.54. The summed E-state index contributed by atoms with van der Waals surface area (Å²) in [5, 5.41) is 11.7.